The molecule has 0 unspecified atom stereocenters. The Morgan fingerprint density at radius 2 is 2.04 bits per heavy atom. The topological polar surface area (TPSA) is 87.8 Å². The fourth-order valence-electron chi connectivity index (χ4n) is 3.78. The van der Waals surface area contributed by atoms with Crippen molar-refractivity contribution in [3.63, 3.8) is 0 Å². The van der Waals surface area contributed by atoms with Crippen molar-refractivity contribution in [1.82, 2.24) is 20.2 Å². The molecular formula is C18H21N5O3S. The molecule has 2 aromatic heterocycles. The molecule has 0 atom stereocenters. The van der Waals surface area contributed by atoms with Gasteiger partial charge in [-0.2, -0.15) is 0 Å². The van der Waals surface area contributed by atoms with Gasteiger partial charge in [-0.25, -0.2) is 9.61 Å². The van der Waals surface area contributed by atoms with Crippen LogP contribution in [0.4, 0.5) is 5.69 Å². The highest BCUT2D eigenvalue weighted by molar-refractivity contribution is 7.13. The van der Waals surface area contributed by atoms with Crippen molar-refractivity contribution in [3.8, 4) is 10.6 Å². The Bertz CT molecular complexity index is 930. The van der Waals surface area contributed by atoms with E-state index in [9.17, 15) is 5.11 Å². The van der Waals surface area contributed by atoms with Crippen molar-refractivity contribution < 1.29 is 14.5 Å². The molecule has 3 aromatic rings. The first-order valence-corrected chi connectivity index (χ1v) is 10.0. The minimum atomic E-state index is -0.0491. The number of benzene rings is 1. The summed E-state index contributed by atoms with van der Waals surface area (Å²) in [5.74, 6) is 0.655. The molecule has 4 heterocycles. The Morgan fingerprint density at radius 1 is 1.19 bits per heavy atom. The summed E-state index contributed by atoms with van der Waals surface area (Å²) >= 11 is 1.52. The van der Waals surface area contributed by atoms with Crippen LogP contribution in [-0.4, -0.2) is 71.2 Å². The molecule has 2 fully saturated rings. The van der Waals surface area contributed by atoms with E-state index in [0.29, 0.717) is 11.6 Å². The molecule has 0 amide bonds. The quantitative estimate of drug-likeness (QED) is 0.706. The molecule has 142 valence electrons. The summed E-state index contributed by atoms with van der Waals surface area (Å²) in [7, 11) is 0. The maximum Gasteiger partial charge on any atom is 0.158 e. The Labute approximate surface area is 160 Å². The minimum Gasteiger partial charge on any atom is -0.390 e. The molecule has 9 heteroatoms. The van der Waals surface area contributed by atoms with Crippen molar-refractivity contribution in [2.45, 2.75) is 6.61 Å². The highest BCUT2D eigenvalue weighted by atomic mass is 32.1. The third-order valence-electron chi connectivity index (χ3n) is 5.22. The molecule has 0 aliphatic carbocycles. The van der Waals surface area contributed by atoms with E-state index < -0.39 is 0 Å². The number of fused-ring (bicyclic) bond motifs is 1. The molecule has 0 saturated carbocycles. The van der Waals surface area contributed by atoms with Crippen LogP contribution in [0.1, 0.15) is 5.69 Å². The highest BCUT2D eigenvalue weighted by Gasteiger charge is 2.31. The second kappa shape index (κ2) is 7.16. The summed E-state index contributed by atoms with van der Waals surface area (Å²) in [6, 6.07) is 4.05. The number of rotatable bonds is 5. The van der Waals surface area contributed by atoms with Gasteiger partial charge < -0.3 is 14.7 Å². The smallest absolute Gasteiger partial charge is 0.158 e. The Kier molecular flexibility index (Phi) is 4.52. The van der Waals surface area contributed by atoms with E-state index in [1.54, 1.807) is 0 Å². The van der Waals surface area contributed by atoms with Crippen LogP contribution >= 0.6 is 11.3 Å². The minimum absolute atomic E-state index is 0.0491. The lowest BCUT2D eigenvalue weighted by Crippen LogP contribution is -2.53. The average Bonchev–Trinajstić information content (AvgIpc) is 3.33. The summed E-state index contributed by atoms with van der Waals surface area (Å²) in [6.07, 6.45) is 0. The average molecular weight is 387 g/mol. The van der Waals surface area contributed by atoms with E-state index in [0.717, 1.165) is 73.2 Å². The number of morpholine rings is 1. The molecule has 0 spiro atoms. The predicted octanol–water partition coefficient (Wildman–Crippen LogP) is 1.61. The zero-order valence-corrected chi connectivity index (χ0v) is 15.7. The number of nitrogens with zero attached hydrogens (tertiary/aromatic N) is 5. The van der Waals surface area contributed by atoms with Gasteiger partial charge in [0.1, 0.15) is 10.5 Å². The number of aliphatic hydroxyl groups is 1. The molecular weight excluding hydrogens is 366 g/mol. The van der Waals surface area contributed by atoms with Crippen LogP contribution in [0.15, 0.2) is 22.1 Å². The lowest BCUT2D eigenvalue weighted by Gasteiger charge is -2.43. The largest absolute Gasteiger partial charge is 0.390 e. The predicted molar refractivity (Wildman–Crippen MR) is 102 cm³/mol. The molecule has 1 aromatic carbocycles. The van der Waals surface area contributed by atoms with E-state index in [1.165, 1.54) is 11.3 Å². The maximum atomic E-state index is 9.28. The van der Waals surface area contributed by atoms with Gasteiger partial charge in [-0.3, -0.25) is 4.90 Å². The first kappa shape index (κ1) is 17.1. The van der Waals surface area contributed by atoms with E-state index >= 15 is 0 Å². The number of anilines is 1. The van der Waals surface area contributed by atoms with E-state index in [1.807, 2.05) is 11.4 Å². The molecule has 27 heavy (non-hydrogen) atoms. The SMILES string of the molecule is OCc1csc(-c2cc(N3CC(CN4CCOCC4)C3)c3nonc3c2)n1. The summed E-state index contributed by atoms with van der Waals surface area (Å²) in [5.41, 5.74) is 4.24. The van der Waals surface area contributed by atoms with Gasteiger partial charge in [-0.15, -0.1) is 11.3 Å². The molecule has 1 N–H and O–H groups in total. The molecule has 2 saturated heterocycles. The van der Waals surface area contributed by atoms with Gasteiger partial charge >= 0.3 is 0 Å². The third kappa shape index (κ3) is 3.31. The van der Waals surface area contributed by atoms with Crippen molar-refractivity contribution in [3.05, 3.63) is 23.2 Å². The van der Waals surface area contributed by atoms with Crippen molar-refractivity contribution in [2.24, 2.45) is 5.92 Å². The van der Waals surface area contributed by atoms with Gasteiger partial charge in [0.25, 0.3) is 0 Å². The van der Waals surface area contributed by atoms with Crippen LogP contribution in [0, 0.1) is 5.92 Å². The summed E-state index contributed by atoms with van der Waals surface area (Å²) in [6.45, 7) is 6.81. The van der Waals surface area contributed by atoms with Crippen molar-refractivity contribution in [2.75, 3.05) is 50.8 Å². The Hall–Kier alpha value is -2.07. The zero-order chi connectivity index (χ0) is 18.2. The molecule has 5 rings (SSSR count). The van der Waals surface area contributed by atoms with Gasteiger partial charge in [0.05, 0.1) is 31.2 Å². The van der Waals surface area contributed by atoms with Crippen LogP contribution in [0.5, 0.6) is 0 Å². The molecule has 2 aliphatic heterocycles. The van der Waals surface area contributed by atoms with Crippen LogP contribution < -0.4 is 4.90 Å². The van der Waals surface area contributed by atoms with Crippen LogP contribution in [0.25, 0.3) is 21.6 Å². The second-order valence-electron chi connectivity index (χ2n) is 7.11. The summed E-state index contributed by atoms with van der Waals surface area (Å²) in [4.78, 5) is 9.30. The number of aromatic nitrogens is 3. The lowest BCUT2D eigenvalue weighted by atomic mass is 9.97. The zero-order valence-electron chi connectivity index (χ0n) is 14.9. The number of ether oxygens (including phenoxy) is 1. The lowest BCUT2D eigenvalue weighted by molar-refractivity contribution is 0.0286. The maximum absolute atomic E-state index is 9.28. The van der Waals surface area contributed by atoms with Gasteiger partial charge in [0.15, 0.2) is 5.52 Å². The fraction of sp³-hybridized carbons (Fsp3) is 0.500. The van der Waals surface area contributed by atoms with Crippen LogP contribution in [0.3, 0.4) is 0 Å². The summed E-state index contributed by atoms with van der Waals surface area (Å²) < 4.78 is 10.4. The number of aliphatic hydroxyl groups excluding tert-OH is 1. The van der Waals surface area contributed by atoms with E-state index in [2.05, 4.69) is 31.2 Å². The number of hydrogen-bond donors (Lipinski definition) is 1. The standard InChI is InChI=1S/C18H21N5O3S/c24-10-14-11-27-18(19-14)13-5-15-17(21-26-20-15)16(6-13)23-8-12(9-23)7-22-1-3-25-4-2-22/h5-6,11-12,24H,1-4,7-10H2. The van der Waals surface area contributed by atoms with Crippen molar-refractivity contribution >= 4 is 28.1 Å². The normalized spacial score (nSPS) is 18.9. The Morgan fingerprint density at radius 3 is 2.81 bits per heavy atom. The second-order valence-corrected chi connectivity index (χ2v) is 7.97. The summed E-state index contributed by atoms with van der Waals surface area (Å²) in [5, 5.41) is 20.2. The van der Waals surface area contributed by atoms with Gasteiger partial charge in [-0.1, -0.05) is 0 Å². The Balaban J connectivity index is 1.36. The third-order valence-corrected chi connectivity index (χ3v) is 6.16. The van der Waals surface area contributed by atoms with E-state index in [-0.39, 0.29) is 6.61 Å². The van der Waals surface area contributed by atoms with Crippen LogP contribution in [0.2, 0.25) is 0 Å². The molecule has 2 aliphatic rings. The molecule has 0 radical (unpaired) electrons. The fourth-order valence-corrected chi connectivity index (χ4v) is 4.58. The van der Waals surface area contributed by atoms with Crippen LogP contribution in [-0.2, 0) is 11.3 Å². The van der Waals surface area contributed by atoms with Gasteiger partial charge in [-0.05, 0) is 22.4 Å². The molecule has 8 nitrogen and oxygen atoms in total. The first-order valence-electron chi connectivity index (χ1n) is 9.17. The monoisotopic (exact) mass is 387 g/mol. The van der Waals surface area contributed by atoms with E-state index in [4.69, 9.17) is 9.37 Å². The highest BCUT2D eigenvalue weighted by Crippen LogP contribution is 2.36. The van der Waals surface area contributed by atoms with Crippen molar-refractivity contribution in [1.29, 1.82) is 0 Å². The number of hydrogen-bond acceptors (Lipinski definition) is 9. The first-order chi connectivity index (χ1) is 13.3. The number of thiazole rings is 1. The van der Waals surface area contributed by atoms with Gasteiger partial charge in [0.2, 0.25) is 0 Å². The van der Waals surface area contributed by atoms with Gasteiger partial charge in [0, 0.05) is 49.6 Å². The molecule has 0 bridgehead atoms.